The molecule has 2 N–H and O–H groups in total. The fraction of sp³-hybridized carbons (Fsp3) is 0.400. The lowest BCUT2D eigenvalue weighted by Crippen LogP contribution is -2.19. The molecule has 4 nitrogen and oxygen atoms in total. The number of anilines is 1. The van der Waals surface area contributed by atoms with Crippen LogP contribution in [-0.2, 0) is 26.6 Å². The molecular formula is C15H22N4. The molecule has 0 amide bonds. The third-order valence-electron chi connectivity index (χ3n) is 3.25. The molecule has 1 aromatic heterocycles. The van der Waals surface area contributed by atoms with E-state index in [9.17, 15) is 0 Å². The molecule has 2 aromatic rings. The average molecular weight is 258 g/mol. The van der Waals surface area contributed by atoms with Gasteiger partial charge in [-0.3, -0.25) is 9.58 Å². The lowest BCUT2D eigenvalue weighted by atomic mass is 10.2. The zero-order chi connectivity index (χ0) is 13.8. The molecule has 0 spiro atoms. The molecule has 1 heterocycles. The van der Waals surface area contributed by atoms with Crippen molar-refractivity contribution in [1.82, 2.24) is 14.7 Å². The van der Waals surface area contributed by atoms with Gasteiger partial charge in [0, 0.05) is 25.8 Å². The lowest BCUT2D eigenvalue weighted by Gasteiger charge is -2.16. The van der Waals surface area contributed by atoms with Crippen LogP contribution >= 0.6 is 0 Å². The van der Waals surface area contributed by atoms with Crippen molar-refractivity contribution in [2.75, 3.05) is 12.8 Å². The third kappa shape index (κ3) is 3.58. The summed E-state index contributed by atoms with van der Waals surface area (Å²) in [6.45, 7) is 3.94. The highest BCUT2D eigenvalue weighted by Crippen LogP contribution is 2.11. The van der Waals surface area contributed by atoms with Gasteiger partial charge in [-0.1, -0.05) is 19.1 Å². The number of hydrogen-bond acceptors (Lipinski definition) is 3. The Hall–Kier alpha value is -1.81. The molecule has 0 aliphatic carbocycles. The van der Waals surface area contributed by atoms with Crippen molar-refractivity contribution in [3.63, 3.8) is 0 Å². The second-order valence-electron chi connectivity index (χ2n) is 5.02. The summed E-state index contributed by atoms with van der Waals surface area (Å²) in [7, 11) is 4.13. The summed E-state index contributed by atoms with van der Waals surface area (Å²) in [6.07, 6.45) is 0.982. The SMILES string of the molecule is CCc1cc(CN(C)Cc2ccc(N)cc2)n(C)n1. The molecule has 0 bridgehead atoms. The molecule has 0 aliphatic heterocycles. The molecule has 1 aromatic carbocycles. The van der Waals surface area contributed by atoms with Gasteiger partial charge in [0.05, 0.1) is 11.4 Å². The first kappa shape index (κ1) is 13.6. The van der Waals surface area contributed by atoms with Gasteiger partial charge in [-0.15, -0.1) is 0 Å². The molecule has 0 atom stereocenters. The summed E-state index contributed by atoms with van der Waals surface area (Å²) in [6, 6.07) is 10.2. The van der Waals surface area contributed by atoms with Crippen LogP contribution in [0.1, 0.15) is 23.9 Å². The number of benzene rings is 1. The normalized spacial score (nSPS) is 11.2. The third-order valence-corrected chi connectivity index (χ3v) is 3.25. The van der Waals surface area contributed by atoms with Gasteiger partial charge in [-0.05, 0) is 37.2 Å². The van der Waals surface area contributed by atoms with Crippen LogP contribution in [0.2, 0.25) is 0 Å². The summed E-state index contributed by atoms with van der Waals surface area (Å²) >= 11 is 0. The first-order valence-electron chi connectivity index (χ1n) is 6.63. The van der Waals surface area contributed by atoms with E-state index < -0.39 is 0 Å². The van der Waals surface area contributed by atoms with Gasteiger partial charge in [0.2, 0.25) is 0 Å². The van der Waals surface area contributed by atoms with E-state index in [0.29, 0.717) is 0 Å². The predicted molar refractivity (Wildman–Crippen MR) is 78.6 cm³/mol. The summed E-state index contributed by atoms with van der Waals surface area (Å²) in [4.78, 5) is 2.28. The van der Waals surface area contributed by atoms with E-state index in [-0.39, 0.29) is 0 Å². The van der Waals surface area contributed by atoms with Crippen molar-refractivity contribution >= 4 is 5.69 Å². The standard InChI is InChI=1S/C15H22N4/c1-4-14-9-15(19(3)17-14)11-18(2)10-12-5-7-13(16)8-6-12/h5-9H,4,10-11,16H2,1-3H3. The van der Waals surface area contributed by atoms with Crippen LogP contribution < -0.4 is 5.73 Å². The largest absolute Gasteiger partial charge is 0.399 e. The second-order valence-corrected chi connectivity index (χ2v) is 5.02. The Labute approximate surface area is 114 Å². The fourth-order valence-corrected chi connectivity index (χ4v) is 2.16. The van der Waals surface area contributed by atoms with Gasteiger partial charge in [0.15, 0.2) is 0 Å². The van der Waals surface area contributed by atoms with Crippen LogP contribution in [0.4, 0.5) is 5.69 Å². The quantitative estimate of drug-likeness (QED) is 0.836. The molecule has 2 rings (SSSR count). The fourth-order valence-electron chi connectivity index (χ4n) is 2.16. The molecule has 0 unspecified atom stereocenters. The summed E-state index contributed by atoms with van der Waals surface area (Å²) in [5.74, 6) is 0. The Morgan fingerprint density at radius 2 is 1.89 bits per heavy atom. The Kier molecular flexibility index (Phi) is 4.22. The highest BCUT2D eigenvalue weighted by atomic mass is 15.3. The molecule has 0 fully saturated rings. The van der Waals surface area contributed by atoms with E-state index in [1.807, 2.05) is 23.9 Å². The van der Waals surface area contributed by atoms with Crippen molar-refractivity contribution in [3.05, 3.63) is 47.3 Å². The number of nitrogens with zero attached hydrogens (tertiary/aromatic N) is 3. The minimum absolute atomic E-state index is 0.811. The number of hydrogen-bond donors (Lipinski definition) is 1. The van der Waals surface area contributed by atoms with Crippen molar-refractivity contribution in [3.8, 4) is 0 Å². The van der Waals surface area contributed by atoms with Crippen molar-refractivity contribution in [1.29, 1.82) is 0 Å². The Bertz CT molecular complexity index is 528. The van der Waals surface area contributed by atoms with Gasteiger partial charge in [0.1, 0.15) is 0 Å². The summed E-state index contributed by atoms with van der Waals surface area (Å²) < 4.78 is 1.97. The maximum atomic E-state index is 5.69. The van der Waals surface area contributed by atoms with Crippen LogP contribution in [-0.4, -0.2) is 21.7 Å². The summed E-state index contributed by atoms with van der Waals surface area (Å²) in [5.41, 5.74) is 10.2. The minimum atomic E-state index is 0.811. The maximum absolute atomic E-state index is 5.69. The van der Waals surface area contributed by atoms with E-state index in [1.54, 1.807) is 0 Å². The molecule has 0 saturated heterocycles. The smallest absolute Gasteiger partial charge is 0.0625 e. The zero-order valence-corrected chi connectivity index (χ0v) is 11.9. The molecule has 102 valence electrons. The monoisotopic (exact) mass is 258 g/mol. The van der Waals surface area contributed by atoms with Gasteiger partial charge < -0.3 is 5.73 Å². The molecule has 4 heteroatoms. The Balaban J connectivity index is 1.98. The number of rotatable bonds is 5. The van der Waals surface area contributed by atoms with Gasteiger partial charge >= 0.3 is 0 Å². The van der Waals surface area contributed by atoms with Crippen LogP contribution in [0.5, 0.6) is 0 Å². The Morgan fingerprint density at radius 1 is 1.21 bits per heavy atom. The average Bonchev–Trinajstić information content (AvgIpc) is 2.73. The van der Waals surface area contributed by atoms with E-state index in [0.717, 1.165) is 30.9 Å². The van der Waals surface area contributed by atoms with Gasteiger partial charge in [-0.2, -0.15) is 5.10 Å². The molecule has 19 heavy (non-hydrogen) atoms. The molecule has 0 aliphatic rings. The van der Waals surface area contributed by atoms with Crippen LogP contribution in [0.3, 0.4) is 0 Å². The number of nitrogen functional groups attached to an aromatic ring is 1. The van der Waals surface area contributed by atoms with E-state index in [2.05, 4.69) is 42.2 Å². The van der Waals surface area contributed by atoms with Crippen LogP contribution in [0, 0.1) is 0 Å². The van der Waals surface area contributed by atoms with Crippen molar-refractivity contribution < 1.29 is 0 Å². The van der Waals surface area contributed by atoms with Gasteiger partial charge in [-0.25, -0.2) is 0 Å². The van der Waals surface area contributed by atoms with E-state index >= 15 is 0 Å². The highest BCUT2D eigenvalue weighted by molar-refractivity contribution is 5.39. The molecule has 0 saturated carbocycles. The highest BCUT2D eigenvalue weighted by Gasteiger charge is 2.07. The van der Waals surface area contributed by atoms with Crippen LogP contribution in [0.25, 0.3) is 0 Å². The number of aromatic nitrogens is 2. The summed E-state index contributed by atoms with van der Waals surface area (Å²) in [5, 5.41) is 4.47. The lowest BCUT2D eigenvalue weighted by molar-refractivity contribution is 0.309. The zero-order valence-electron chi connectivity index (χ0n) is 11.9. The number of nitrogens with two attached hydrogens (primary N) is 1. The van der Waals surface area contributed by atoms with Gasteiger partial charge in [0.25, 0.3) is 0 Å². The number of aryl methyl sites for hydroxylation is 2. The topological polar surface area (TPSA) is 47.1 Å². The molecular weight excluding hydrogens is 236 g/mol. The van der Waals surface area contributed by atoms with E-state index in [1.165, 1.54) is 11.3 Å². The molecule has 0 radical (unpaired) electrons. The van der Waals surface area contributed by atoms with Crippen molar-refractivity contribution in [2.24, 2.45) is 7.05 Å². The Morgan fingerprint density at radius 3 is 2.47 bits per heavy atom. The maximum Gasteiger partial charge on any atom is 0.0625 e. The van der Waals surface area contributed by atoms with Crippen molar-refractivity contribution in [2.45, 2.75) is 26.4 Å². The minimum Gasteiger partial charge on any atom is -0.399 e. The first-order valence-corrected chi connectivity index (χ1v) is 6.63. The van der Waals surface area contributed by atoms with E-state index in [4.69, 9.17) is 5.73 Å². The second kappa shape index (κ2) is 5.89. The predicted octanol–water partition coefficient (Wildman–Crippen LogP) is 2.20. The van der Waals surface area contributed by atoms with Crippen LogP contribution in [0.15, 0.2) is 30.3 Å². The first-order chi connectivity index (χ1) is 9.08.